The fraction of sp³-hybridized carbons (Fsp3) is 0. The Kier molecular flexibility index (Phi) is 4.49. The van der Waals surface area contributed by atoms with Crippen LogP contribution in [0.1, 0.15) is 5.56 Å². The molecule has 0 bridgehead atoms. The zero-order chi connectivity index (χ0) is 9.10. The molecular formula is C12H8LiNi-. The van der Waals surface area contributed by atoms with Gasteiger partial charge in [-0.3, -0.25) is 0 Å². The second kappa shape index (κ2) is 5.42. The van der Waals surface area contributed by atoms with Crippen molar-refractivity contribution in [3.8, 4) is 0 Å². The van der Waals surface area contributed by atoms with Gasteiger partial charge in [0.1, 0.15) is 0 Å². The third kappa shape index (κ3) is 2.31. The molecule has 0 N–H and O–H groups in total. The Balaban J connectivity index is 0.000000980. The molecule has 0 heterocycles. The summed E-state index contributed by atoms with van der Waals surface area (Å²) in [6, 6.07) is 13.5. The molecule has 2 rings (SSSR count). The van der Waals surface area contributed by atoms with Crippen LogP contribution in [0.5, 0.6) is 0 Å². The fourth-order valence-corrected chi connectivity index (χ4v) is 1.46. The molecule has 2 aromatic carbocycles. The normalized spacial score (nSPS) is 10.4. The molecule has 68 valence electrons. The van der Waals surface area contributed by atoms with Crippen molar-refractivity contribution in [2.24, 2.45) is 0 Å². The molecule has 0 aliphatic heterocycles. The first-order valence-electron chi connectivity index (χ1n) is 4.04. The molecule has 0 radical (unpaired) electrons. The third-order valence-electron chi connectivity index (χ3n) is 1.96. The van der Waals surface area contributed by atoms with Crippen LogP contribution in [0.4, 0.5) is 0 Å². The Labute approximate surface area is 103 Å². The van der Waals surface area contributed by atoms with E-state index in [1.165, 1.54) is 10.8 Å². The van der Waals surface area contributed by atoms with Crippen molar-refractivity contribution in [3.63, 3.8) is 0 Å². The Bertz CT molecular complexity index is 454. The minimum atomic E-state index is 0. The molecule has 0 nitrogen and oxygen atoms in total. The van der Waals surface area contributed by atoms with E-state index in [-0.39, 0.29) is 18.9 Å². The summed E-state index contributed by atoms with van der Waals surface area (Å²) in [4.78, 5) is 1.65. The minimum absolute atomic E-state index is 0. The van der Waals surface area contributed by atoms with Crippen molar-refractivity contribution in [2.45, 2.75) is 0 Å². The van der Waals surface area contributed by atoms with Gasteiger partial charge in [-0.2, -0.15) is 0 Å². The van der Waals surface area contributed by atoms with Gasteiger partial charge in [0.25, 0.3) is 0 Å². The van der Waals surface area contributed by atoms with Gasteiger partial charge in [0, 0.05) is 0 Å². The quantitative estimate of drug-likeness (QED) is 0.480. The molecule has 0 atom stereocenters. The summed E-state index contributed by atoms with van der Waals surface area (Å²) < 4.78 is 0. The number of hydrogen-bond acceptors (Lipinski definition) is 0. The van der Waals surface area contributed by atoms with Crippen molar-refractivity contribution in [1.29, 1.82) is 0 Å². The molecule has 0 aliphatic carbocycles. The number of rotatable bonds is 2. The van der Waals surface area contributed by atoms with Gasteiger partial charge >= 0.3 is 104 Å². The molecule has 0 aliphatic rings. The van der Waals surface area contributed by atoms with Crippen molar-refractivity contribution >= 4 is 21.8 Å². The Morgan fingerprint density at radius 1 is 1.29 bits per heavy atom. The summed E-state index contributed by atoms with van der Waals surface area (Å²) in [5, 5.41) is 2.47. The van der Waals surface area contributed by atoms with E-state index < -0.39 is 0 Å². The van der Waals surface area contributed by atoms with E-state index in [2.05, 4.69) is 33.2 Å². The zero-order valence-electron chi connectivity index (χ0n) is 7.94. The molecule has 2 heteroatoms. The van der Waals surface area contributed by atoms with E-state index >= 15 is 0 Å². The number of benzene rings is 1. The number of fused-ring (bicyclic) bond motifs is 1. The molecular weight excluding hydrogens is 210 g/mol. The van der Waals surface area contributed by atoms with Crippen molar-refractivity contribution < 1.29 is 33.9 Å². The maximum absolute atomic E-state index is 4.45. The maximum atomic E-state index is 4.45. The summed E-state index contributed by atoms with van der Waals surface area (Å²) in [6.45, 7) is 0. The number of hydrogen-bond donors (Lipinski definition) is 0. The first kappa shape index (κ1) is 11.6. The van der Waals surface area contributed by atoms with E-state index in [4.69, 9.17) is 0 Å². The SMILES string of the molecule is [Li+].[Ni]=[CH]/C=C\c1[c-][cH-]c2ccccc12. The first-order valence-corrected chi connectivity index (χ1v) is 4.61. The molecule has 0 fully saturated rings. The van der Waals surface area contributed by atoms with Crippen LogP contribution in [0.2, 0.25) is 0 Å². The summed E-state index contributed by atoms with van der Waals surface area (Å²) in [5.74, 6) is 0. The van der Waals surface area contributed by atoms with Crippen LogP contribution >= 0.6 is 0 Å². The van der Waals surface area contributed by atoms with Gasteiger partial charge in [-0.15, -0.1) is 0 Å². The van der Waals surface area contributed by atoms with Crippen molar-refractivity contribution in [1.82, 2.24) is 0 Å². The first-order chi connectivity index (χ1) is 6.42. The molecule has 0 saturated heterocycles. The van der Waals surface area contributed by atoms with E-state index in [0.29, 0.717) is 0 Å². The van der Waals surface area contributed by atoms with Crippen molar-refractivity contribution in [3.05, 3.63) is 48.0 Å². The number of allylic oxidation sites excluding steroid dienone is 1. The topological polar surface area (TPSA) is 0 Å². The standard InChI is InChI=1S/C12H8.Li.Ni/c1-2-5-10-8-9-11-6-3-4-7-12(10)11;;/h1-7,9H;;/q-2;+1;/b5-2-;;. The Morgan fingerprint density at radius 3 is 2.86 bits per heavy atom. The second-order valence-electron chi connectivity index (χ2n) is 2.75. The Hall–Kier alpha value is -0.469. The predicted molar refractivity (Wildman–Crippen MR) is 53.5 cm³/mol. The molecule has 0 unspecified atom stereocenters. The zero-order valence-corrected chi connectivity index (χ0v) is 8.92. The fourth-order valence-electron chi connectivity index (χ4n) is 1.37. The van der Waals surface area contributed by atoms with Crippen molar-refractivity contribution in [2.75, 3.05) is 0 Å². The molecule has 0 aromatic heterocycles. The summed E-state index contributed by atoms with van der Waals surface area (Å²) >= 11 is 4.45. The van der Waals surface area contributed by atoms with Gasteiger partial charge in [-0.25, -0.2) is 0 Å². The average molecular weight is 218 g/mol. The Morgan fingerprint density at radius 2 is 2.07 bits per heavy atom. The van der Waals surface area contributed by atoms with Crippen LogP contribution in [0.15, 0.2) is 36.4 Å². The van der Waals surface area contributed by atoms with Crippen LogP contribution in [-0.2, 0) is 15.0 Å². The summed E-state index contributed by atoms with van der Waals surface area (Å²) in [6.07, 6.45) is 3.87. The van der Waals surface area contributed by atoms with Gasteiger partial charge in [-0.05, 0) is 0 Å². The summed E-state index contributed by atoms with van der Waals surface area (Å²) in [7, 11) is 0. The third-order valence-corrected chi connectivity index (χ3v) is 2.15. The molecule has 2 aromatic rings. The second-order valence-corrected chi connectivity index (χ2v) is 3.08. The van der Waals surface area contributed by atoms with Crippen LogP contribution in [0, 0.1) is 6.07 Å². The van der Waals surface area contributed by atoms with Gasteiger partial charge < -0.3 is 0 Å². The monoisotopic (exact) mass is 217 g/mol. The molecule has 0 saturated carbocycles. The van der Waals surface area contributed by atoms with Crippen LogP contribution in [0.25, 0.3) is 16.8 Å². The van der Waals surface area contributed by atoms with E-state index in [1.54, 1.807) is 4.99 Å². The van der Waals surface area contributed by atoms with Gasteiger partial charge in [0.05, 0.1) is 0 Å². The van der Waals surface area contributed by atoms with E-state index in [9.17, 15) is 0 Å². The molecule has 14 heavy (non-hydrogen) atoms. The molecule has 0 amide bonds. The van der Waals surface area contributed by atoms with Gasteiger partial charge in [0.15, 0.2) is 0 Å². The van der Waals surface area contributed by atoms with Gasteiger partial charge in [-0.1, -0.05) is 0 Å². The molecule has 0 spiro atoms. The predicted octanol–water partition coefficient (Wildman–Crippen LogP) is -0.275. The van der Waals surface area contributed by atoms with Crippen LogP contribution in [0.3, 0.4) is 0 Å². The van der Waals surface area contributed by atoms with E-state index in [0.717, 1.165) is 5.56 Å². The van der Waals surface area contributed by atoms with E-state index in [1.807, 2.05) is 30.4 Å². The van der Waals surface area contributed by atoms with Gasteiger partial charge in [0.2, 0.25) is 0 Å². The summed E-state index contributed by atoms with van der Waals surface area (Å²) in [5.41, 5.74) is 1.11. The average Bonchev–Trinajstić information content (AvgIpc) is 2.58. The van der Waals surface area contributed by atoms with Crippen LogP contribution in [-0.4, -0.2) is 4.99 Å². The van der Waals surface area contributed by atoms with Crippen LogP contribution < -0.4 is 18.9 Å².